The van der Waals surface area contributed by atoms with Crippen LogP contribution >= 0.6 is 0 Å². The van der Waals surface area contributed by atoms with E-state index in [1.807, 2.05) is 13.8 Å². The number of hydrogen-bond donors (Lipinski definition) is 3. The Balaban J connectivity index is 2.61. The van der Waals surface area contributed by atoms with Crippen molar-refractivity contribution in [3.8, 4) is 0 Å². The molecule has 7 nitrogen and oxygen atoms in total. The molecule has 102 valence electrons. The van der Waals surface area contributed by atoms with Crippen molar-refractivity contribution in [3.63, 3.8) is 0 Å². The van der Waals surface area contributed by atoms with Crippen molar-refractivity contribution in [1.29, 1.82) is 0 Å². The van der Waals surface area contributed by atoms with E-state index in [1.54, 1.807) is 4.90 Å². The zero-order valence-corrected chi connectivity index (χ0v) is 10.4. The Bertz CT molecular complexity index is 357. The first-order valence-corrected chi connectivity index (χ1v) is 5.83. The van der Waals surface area contributed by atoms with Crippen LogP contribution in [0.3, 0.4) is 0 Å². The van der Waals surface area contributed by atoms with Gasteiger partial charge >= 0.3 is 18.0 Å². The largest absolute Gasteiger partial charge is 0.481 e. The topological polar surface area (TPSA) is 107 Å². The molecule has 1 aliphatic heterocycles. The summed E-state index contributed by atoms with van der Waals surface area (Å²) in [5.41, 5.74) is 0. The number of carboxylic acids is 2. The molecule has 0 spiro atoms. The van der Waals surface area contributed by atoms with E-state index in [4.69, 9.17) is 10.2 Å². The van der Waals surface area contributed by atoms with Gasteiger partial charge in [0.1, 0.15) is 6.04 Å². The minimum atomic E-state index is -1.39. The Morgan fingerprint density at radius 3 is 2.33 bits per heavy atom. The van der Waals surface area contributed by atoms with Gasteiger partial charge < -0.3 is 20.4 Å². The fourth-order valence-corrected chi connectivity index (χ4v) is 2.19. The molecular formula is C11H18N2O5. The molecule has 0 aliphatic carbocycles. The van der Waals surface area contributed by atoms with E-state index in [0.717, 1.165) is 6.42 Å². The van der Waals surface area contributed by atoms with Crippen molar-refractivity contribution in [3.05, 3.63) is 0 Å². The second kappa shape index (κ2) is 5.70. The molecule has 18 heavy (non-hydrogen) atoms. The summed E-state index contributed by atoms with van der Waals surface area (Å²) < 4.78 is 0. The summed E-state index contributed by atoms with van der Waals surface area (Å²) in [6, 6.07) is -1.86. The van der Waals surface area contributed by atoms with Crippen LogP contribution in [0, 0.1) is 5.92 Å². The van der Waals surface area contributed by atoms with Gasteiger partial charge in [-0.15, -0.1) is 0 Å². The quantitative estimate of drug-likeness (QED) is 0.674. The third-order valence-corrected chi connectivity index (χ3v) is 3.02. The number of nitrogens with zero attached hydrogens (tertiary/aromatic N) is 1. The summed E-state index contributed by atoms with van der Waals surface area (Å²) in [6.07, 6.45) is 0.239. The molecule has 3 N–H and O–H groups in total. The maximum Gasteiger partial charge on any atom is 0.326 e. The zero-order valence-electron chi connectivity index (χ0n) is 10.4. The lowest BCUT2D eigenvalue weighted by atomic mass is 10.1. The van der Waals surface area contributed by atoms with Crippen LogP contribution < -0.4 is 5.32 Å². The normalized spacial score (nSPS) is 24.7. The molecule has 1 fully saturated rings. The van der Waals surface area contributed by atoms with Gasteiger partial charge in [0.15, 0.2) is 0 Å². The van der Waals surface area contributed by atoms with Gasteiger partial charge in [-0.3, -0.25) is 4.79 Å². The van der Waals surface area contributed by atoms with Crippen LogP contribution in [0.25, 0.3) is 0 Å². The summed E-state index contributed by atoms with van der Waals surface area (Å²) in [6.45, 7) is 4.46. The Morgan fingerprint density at radius 2 is 1.94 bits per heavy atom. The Labute approximate surface area is 105 Å². The second-order valence-electron chi connectivity index (χ2n) is 4.78. The highest BCUT2D eigenvalue weighted by Gasteiger charge is 2.32. The fourth-order valence-electron chi connectivity index (χ4n) is 2.19. The number of likely N-dealkylation sites (tertiary alicyclic amines) is 1. The number of carboxylic acid groups (broad SMARTS) is 2. The Kier molecular flexibility index (Phi) is 4.52. The molecule has 0 aromatic heterocycles. The molecule has 0 aromatic rings. The number of aliphatic carboxylic acids is 2. The van der Waals surface area contributed by atoms with Gasteiger partial charge in [-0.2, -0.15) is 0 Å². The van der Waals surface area contributed by atoms with Crippen LogP contribution in [0.5, 0.6) is 0 Å². The predicted molar refractivity (Wildman–Crippen MR) is 62.2 cm³/mol. The monoisotopic (exact) mass is 258 g/mol. The molecule has 0 radical (unpaired) electrons. The van der Waals surface area contributed by atoms with Crippen LogP contribution in [0.2, 0.25) is 0 Å². The SMILES string of the molecule is CC1CC(C)N(C(=O)N[C@H](CC(=O)O)C(=O)O)C1. The lowest BCUT2D eigenvalue weighted by molar-refractivity contribution is -0.145. The van der Waals surface area contributed by atoms with Crippen LogP contribution in [-0.2, 0) is 9.59 Å². The van der Waals surface area contributed by atoms with Gasteiger partial charge in [-0.1, -0.05) is 6.92 Å². The van der Waals surface area contributed by atoms with E-state index < -0.39 is 30.4 Å². The maximum atomic E-state index is 11.9. The predicted octanol–water partition coefficient (Wildman–Crippen LogP) is 0.354. The minimum Gasteiger partial charge on any atom is -0.481 e. The summed E-state index contributed by atoms with van der Waals surface area (Å²) >= 11 is 0. The van der Waals surface area contributed by atoms with E-state index in [9.17, 15) is 14.4 Å². The van der Waals surface area contributed by atoms with Crippen LogP contribution in [0.15, 0.2) is 0 Å². The highest BCUT2D eigenvalue weighted by atomic mass is 16.4. The number of amides is 2. The van der Waals surface area contributed by atoms with Gasteiger partial charge in [-0.05, 0) is 19.3 Å². The average molecular weight is 258 g/mol. The first-order chi connectivity index (χ1) is 8.31. The molecule has 3 atom stereocenters. The van der Waals surface area contributed by atoms with Crippen LogP contribution in [0.4, 0.5) is 4.79 Å². The lowest BCUT2D eigenvalue weighted by Gasteiger charge is -2.24. The molecule has 2 unspecified atom stereocenters. The summed E-state index contributed by atoms with van der Waals surface area (Å²) in [4.78, 5) is 34.7. The first kappa shape index (κ1) is 14.3. The van der Waals surface area contributed by atoms with E-state index >= 15 is 0 Å². The summed E-state index contributed by atoms with van der Waals surface area (Å²) in [5, 5.41) is 19.7. The highest BCUT2D eigenvalue weighted by molar-refractivity contribution is 5.86. The van der Waals surface area contributed by atoms with Crippen molar-refractivity contribution in [2.75, 3.05) is 6.54 Å². The first-order valence-electron chi connectivity index (χ1n) is 5.83. The van der Waals surface area contributed by atoms with Gasteiger partial charge in [0.05, 0.1) is 6.42 Å². The molecule has 0 bridgehead atoms. The molecule has 7 heteroatoms. The van der Waals surface area contributed by atoms with E-state index in [-0.39, 0.29) is 6.04 Å². The van der Waals surface area contributed by atoms with E-state index in [1.165, 1.54) is 0 Å². The average Bonchev–Trinajstić information content (AvgIpc) is 2.56. The zero-order chi connectivity index (χ0) is 13.9. The minimum absolute atomic E-state index is 0.0410. The van der Waals surface area contributed by atoms with Gasteiger partial charge in [0.25, 0.3) is 0 Å². The van der Waals surface area contributed by atoms with Crippen molar-refractivity contribution in [2.45, 2.75) is 38.8 Å². The lowest BCUT2D eigenvalue weighted by Crippen LogP contribution is -2.49. The number of nitrogens with one attached hydrogen (secondary N) is 1. The van der Waals surface area contributed by atoms with E-state index in [0.29, 0.717) is 12.5 Å². The van der Waals surface area contributed by atoms with Gasteiger partial charge in [0.2, 0.25) is 0 Å². The Morgan fingerprint density at radius 1 is 1.33 bits per heavy atom. The van der Waals surface area contributed by atoms with E-state index in [2.05, 4.69) is 5.32 Å². The Hall–Kier alpha value is -1.79. The number of urea groups is 1. The third-order valence-electron chi connectivity index (χ3n) is 3.02. The highest BCUT2D eigenvalue weighted by Crippen LogP contribution is 2.22. The van der Waals surface area contributed by atoms with Crippen molar-refractivity contribution >= 4 is 18.0 Å². The fraction of sp³-hybridized carbons (Fsp3) is 0.727. The summed E-state index contributed by atoms with van der Waals surface area (Å²) in [5.74, 6) is -2.23. The van der Waals surface area contributed by atoms with Gasteiger partial charge in [-0.25, -0.2) is 9.59 Å². The molecule has 2 amide bonds. The molecule has 1 heterocycles. The van der Waals surface area contributed by atoms with Crippen LogP contribution in [0.1, 0.15) is 26.7 Å². The van der Waals surface area contributed by atoms with Crippen molar-refractivity contribution < 1.29 is 24.6 Å². The van der Waals surface area contributed by atoms with Gasteiger partial charge in [0, 0.05) is 12.6 Å². The van der Waals surface area contributed by atoms with Crippen molar-refractivity contribution in [1.82, 2.24) is 10.2 Å². The number of rotatable bonds is 4. The third kappa shape index (κ3) is 3.61. The second-order valence-corrected chi connectivity index (χ2v) is 4.78. The molecular weight excluding hydrogens is 240 g/mol. The van der Waals surface area contributed by atoms with Crippen LogP contribution in [-0.4, -0.2) is 51.7 Å². The molecule has 1 saturated heterocycles. The molecule has 1 rings (SSSR count). The smallest absolute Gasteiger partial charge is 0.326 e. The number of carbonyl (C=O) groups excluding carboxylic acids is 1. The standard InChI is InChI=1S/C11H18N2O5/c1-6-3-7(2)13(5-6)11(18)12-8(10(16)17)4-9(14)15/h6-8H,3-5H2,1-2H3,(H,12,18)(H,14,15)(H,16,17)/t6?,7?,8-/m1/s1. The summed E-state index contributed by atoms with van der Waals surface area (Å²) in [7, 11) is 0. The van der Waals surface area contributed by atoms with Crippen molar-refractivity contribution in [2.24, 2.45) is 5.92 Å². The molecule has 0 saturated carbocycles. The number of hydrogen-bond acceptors (Lipinski definition) is 3. The molecule has 1 aliphatic rings. The maximum absolute atomic E-state index is 11.9. The molecule has 0 aromatic carbocycles. The number of carbonyl (C=O) groups is 3.